The summed E-state index contributed by atoms with van der Waals surface area (Å²) in [4.78, 5) is 19.6. The number of carbonyl (C=O) groups is 1. The molecule has 0 spiro atoms. The highest BCUT2D eigenvalue weighted by atomic mass is 32.2. The first-order chi connectivity index (χ1) is 16.4. The normalized spacial score (nSPS) is 12.0. The van der Waals surface area contributed by atoms with E-state index < -0.39 is 28.7 Å². The number of rotatable bonds is 7. The Morgan fingerprint density at radius 3 is 2.29 bits per heavy atom. The Labute approximate surface area is 197 Å². The predicted molar refractivity (Wildman–Crippen MR) is 124 cm³/mol. The van der Waals surface area contributed by atoms with Gasteiger partial charge in [0.15, 0.2) is 5.65 Å². The maximum atomic E-state index is 13.3. The molecule has 0 saturated carbocycles. The number of fused-ring (bicyclic) bond motifs is 1. The molecule has 0 fully saturated rings. The van der Waals surface area contributed by atoms with Gasteiger partial charge in [-0.2, -0.15) is 23.1 Å². The molecule has 0 aliphatic rings. The van der Waals surface area contributed by atoms with Gasteiger partial charge in [-0.1, -0.05) is 17.7 Å². The van der Waals surface area contributed by atoms with Crippen LogP contribution in [-0.4, -0.2) is 41.0 Å². The molecule has 0 unspecified atom stereocenters. The Hall–Kier alpha value is -4.13. The summed E-state index contributed by atoms with van der Waals surface area (Å²) in [6, 6.07) is 13.3. The standard InChI is InChI=1S/C22H19F3N6O3S/c1-13-2-8-16(9-3-13)35(33,34)31-11-10-17-19(27-12-22(23,24)25)29-21(30-20(17)31)28-15-6-4-14(5-7-15)18(26)32/h2-11H,12H2,1H3,(H2,26,32)(H2,27,28,29,30). The van der Waals surface area contributed by atoms with Crippen LogP contribution < -0.4 is 16.4 Å². The fraction of sp³-hybridized carbons (Fsp3) is 0.136. The zero-order chi connectivity index (χ0) is 25.4. The summed E-state index contributed by atoms with van der Waals surface area (Å²) in [5, 5.41) is 5.10. The van der Waals surface area contributed by atoms with E-state index in [1.54, 1.807) is 19.1 Å². The minimum atomic E-state index is -4.54. The second-order valence-electron chi connectivity index (χ2n) is 7.60. The first-order valence-electron chi connectivity index (χ1n) is 10.1. The molecule has 2 aromatic carbocycles. The number of amides is 1. The monoisotopic (exact) mass is 504 g/mol. The summed E-state index contributed by atoms with van der Waals surface area (Å²) in [7, 11) is -4.11. The minimum Gasteiger partial charge on any atom is -0.366 e. The van der Waals surface area contributed by atoms with E-state index in [4.69, 9.17) is 5.73 Å². The number of anilines is 3. The second kappa shape index (κ2) is 8.91. The van der Waals surface area contributed by atoms with Crippen LogP contribution in [0.3, 0.4) is 0 Å². The molecule has 35 heavy (non-hydrogen) atoms. The van der Waals surface area contributed by atoms with Crippen molar-refractivity contribution < 1.29 is 26.4 Å². The number of alkyl halides is 3. The van der Waals surface area contributed by atoms with E-state index in [2.05, 4.69) is 20.6 Å². The maximum absolute atomic E-state index is 13.3. The molecular weight excluding hydrogens is 485 g/mol. The molecule has 2 aromatic heterocycles. The third kappa shape index (κ3) is 5.19. The molecule has 4 rings (SSSR count). The number of carbonyl (C=O) groups excluding carboxylic acids is 1. The molecule has 4 aromatic rings. The lowest BCUT2D eigenvalue weighted by Gasteiger charge is -2.13. The van der Waals surface area contributed by atoms with Crippen LogP contribution in [0.4, 0.5) is 30.6 Å². The average Bonchev–Trinajstić information content (AvgIpc) is 3.22. The van der Waals surface area contributed by atoms with Crippen molar-refractivity contribution in [2.24, 2.45) is 5.73 Å². The van der Waals surface area contributed by atoms with Crippen LogP contribution >= 0.6 is 0 Å². The molecule has 9 nitrogen and oxygen atoms in total. The number of halogens is 3. The Bertz CT molecular complexity index is 1500. The highest BCUT2D eigenvalue weighted by molar-refractivity contribution is 7.90. The van der Waals surface area contributed by atoms with E-state index in [0.29, 0.717) is 5.69 Å². The second-order valence-corrected chi connectivity index (χ2v) is 9.41. The molecule has 0 atom stereocenters. The Morgan fingerprint density at radius 1 is 1.03 bits per heavy atom. The number of primary amides is 1. The molecule has 4 N–H and O–H groups in total. The van der Waals surface area contributed by atoms with Gasteiger partial charge >= 0.3 is 6.18 Å². The van der Waals surface area contributed by atoms with E-state index in [9.17, 15) is 26.4 Å². The Morgan fingerprint density at radius 2 is 1.69 bits per heavy atom. The Kier molecular flexibility index (Phi) is 6.11. The lowest BCUT2D eigenvalue weighted by atomic mass is 10.2. The van der Waals surface area contributed by atoms with E-state index in [-0.39, 0.29) is 33.3 Å². The van der Waals surface area contributed by atoms with Gasteiger partial charge in [-0.25, -0.2) is 12.4 Å². The summed E-state index contributed by atoms with van der Waals surface area (Å²) < 4.78 is 66.0. The number of hydrogen-bond donors (Lipinski definition) is 3. The molecule has 1 amide bonds. The SMILES string of the molecule is Cc1ccc(S(=O)(=O)n2ccc3c(NCC(F)(F)F)nc(Nc4ccc(C(N)=O)cc4)nc32)cc1. The minimum absolute atomic E-state index is 0.0134. The van der Waals surface area contributed by atoms with Crippen LogP contribution in [0.25, 0.3) is 11.0 Å². The van der Waals surface area contributed by atoms with Crippen LogP contribution in [0.15, 0.2) is 65.7 Å². The molecule has 0 aliphatic carbocycles. The van der Waals surface area contributed by atoms with Gasteiger partial charge < -0.3 is 16.4 Å². The molecule has 2 heterocycles. The summed E-state index contributed by atoms with van der Waals surface area (Å²) in [5.74, 6) is -0.999. The molecule has 13 heteroatoms. The van der Waals surface area contributed by atoms with E-state index in [0.717, 1.165) is 9.54 Å². The van der Waals surface area contributed by atoms with Crippen molar-refractivity contribution in [3.63, 3.8) is 0 Å². The van der Waals surface area contributed by atoms with Crippen molar-refractivity contribution in [1.82, 2.24) is 13.9 Å². The van der Waals surface area contributed by atoms with Crippen molar-refractivity contribution in [1.29, 1.82) is 0 Å². The van der Waals surface area contributed by atoms with Crippen molar-refractivity contribution in [2.75, 3.05) is 17.2 Å². The highest BCUT2D eigenvalue weighted by Crippen LogP contribution is 2.29. The fourth-order valence-electron chi connectivity index (χ4n) is 3.23. The number of nitrogens with zero attached hydrogens (tertiary/aromatic N) is 3. The smallest absolute Gasteiger partial charge is 0.366 e. The highest BCUT2D eigenvalue weighted by Gasteiger charge is 2.28. The number of benzene rings is 2. The van der Waals surface area contributed by atoms with Crippen molar-refractivity contribution in [3.8, 4) is 0 Å². The summed E-state index contributed by atoms with van der Waals surface area (Å²) >= 11 is 0. The van der Waals surface area contributed by atoms with Gasteiger partial charge in [0, 0.05) is 17.4 Å². The van der Waals surface area contributed by atoms with Crippen LogP contribution in [0.5, 0.6) is 0 Å². The number of nitrogens with one attached hydrogen (secondary N) is 2. The van der Waals surface area contributed by atoms with E-state index in [1.807, 2.05) is 0 Å². The number of hydrogen-bond acceptors (Lipinski definition) is 7. The first kappa shape index (κ1) is 24.0. The maximum Gasteiger partial charge on any atom is 0.405 e. The first-order valence-corrected chi connectivity index (χ1v) is 11.6. The summed E-state index contributed by atoms with van der Waals surface area (Å²) in [6.45, 7) is 0.420. The zero-order valence-electron chi connectivity index (χ0n) is 18.2. The summed E-state index contributed by atoms with van der Waals surface area (Å²) in [5.41, 5.74) is 6.61. The van der Waals surface area contributed by atoms with E-state index in [1.165, 1.54) is 48.7 Å². The number of aromatic nitrogens is 3. The fourth-order valence-corrected chi connectivity index (χ4v) is 4.53. The van der Waals surface area contributed by atoms with Crippen LogP contribution in [0, 0.1) is 6.92 Å². The van der Waals surface area contributed by atoms with Gasteiger partial charge in [-0.3, -0.25) is 4.79 Å². The molecular formula is C22H19F3N6O3S. The van der Waals surface area contributed by atoms with Crippen molar-refractivity contribution in [3.05, 3.63) is 71.9 Å². The molecule has 182 valence electrons. The summed E-state index contributed by atoms with van der Waals surface area (Å²) in [6.07, 6.45) is -3.33. The average molecular weight is 504 g/mol. The quantitative estimate of drug-likeness (QED) is 0.349. The Balaban J connectivity index is 1.81. The van der Waals surface area contributed by atoms with Gasteiger partial charge in [-0.15, -0.1) is 0 Å². The van der Waals surface area contributed by atoms with Gasteiger partial charge in [0.1, 0.15) is 12.4 Å². The van der Waals surface area contributed by atoms with Crippen LogP contribution in [0.1, 0.15) is 15.9 Å². The van der Waals surface area contributed by atoms with Crippen LogP contribution in [-0.2, 0) is 10.0 Å². The molecule has 0 aliphatic heterocycles. The number of aryl methyl sites for hydroxylation is 1. The van der Waals surface area contributed by atoms with Gasteiger partial charge in [0.2, 0.25) is 11.9 Å². The van der Waals surface area contributed by atoms with Crippen molar-refractivity contribution >= 4 is 44.4 Å². The third-order valence-corrected chi connectivity index (χ3v) is 6.65. The predicted octanol–water partition coefficient (Wildman–Crippen LogP) is 3.79. The molecule has 0 bridgehead atoms. The molecule has 0 radical (unpaired) electrons. The topological polar surface area (TPSA) is 132 Å². The van der Waals surface area contributed by atoms with Gasteiger partial charge in [-0.05, 0) is 49.4 Å². The lowest BCUT2D eigenvalue weighted by Crippen LogP contribution is -2.22. The largest absolute Gasteiger partial charge is 0.405 e. The third-order valence-electron chi connectivity index (χ3n) is 4.97. The van der Waals surface area contributed by atoms with Crippen molar-refractivity contribution in [2.45, 2.75) is 18.0 Å². The van der Waals surface area contributed by atoms with Gasteiger partial charge in [0.25, 0.3) is 10.0 Å². The van der Waals surface area contributed by atoms with E-state index >= 15 is 0 Å². The van der Waals surface area contributed by atoms with Gasteiger partial charge in [0.05, 0.1) is 10.3 Å². The lowest BCUT2D eigenvalue weighted by molar-refractivity contribution is -0.115. The van der Waals surface area contributed by atoms with Crippen LogP contribution in [0.2, 0.25) is 0 Å². The number of nitrogens with two attached hydrogens (primary N) is 1. The zero-order valence-corrected chi connectivity index (χ0v) is 19.0. The molecule has 0 saturated heterocycles.